The summed E-state index contributed by atoms with van der Waals surface area (Å²) >= 11 is 7.18. The monoisotopic (exact) mass is 289 g/mol. The molecule has 0 amide bonds. The van der Waals surface area contributed by atoms with Gasteiger partial charge >= 0.3 is 0 Å². The summed E-state index contributed by atoms with van der Waals surface area (Å²) in [5.41, 5.74) is 2.10. The van der Waals surface area contributed by atoms with Crippen LogP contribution in [-0.2, 0) is 6.54 Å². The van der Waals surface area contributed by atoms with Gasteiger partial charge in [0.2, 0.25) is 0 Å². The van der Waals surface area contributed by atoms with Crippen LogP contribution in [0.3, 0.4) is 0 Å². The van der Waals surface area contributed by atoms with Gasteiger partial charge in [-0.3, -0.25) is 4.68 Å². The lowest BCUT2D eigenvalue weighted by Gasteiger charge is -1.88. The minimum Gasteiger partial charge on any atom is -0.262 e. The number of fused-ring (bicyclic) bond motifs is 1. The third-order valence-corrected chi connectivity index (χ3v) is 2.36. The highest BCUT2D eigenvalue weighted by Gasteiger charge is 2.18. The van der Waals surface area contributed by atoms with Gasteiger partial charge in [0, 0.05) is 13.0 Å². The predicted molar refractivity (Wildman–Crippen MR) is 70.6 cm³/mol. The first kappa shape index (κ1) is 12.8. The van der Waals surface area contributed by atoms with Crippen LogP contribution in [0.1, 0.15) is 32.9 Å². The van der Waals surface area contributed by atoms with E-state index in [9.17, 15) is 0 Å². The van der Waals surface area contributed by atoms with E-state index in [1.807, 2.05) is 10.7 Å². The molecule has 0 saturated heterocycles. The van der Waals surface area contributed by atoms with Crippen molar-refractivity contribution in [2.75, 3.05) is 0 Å². The summed E-state index contributed by atoms with van der Waals surface area (Å²) in [7, 11) is 0. The summed E-state index contributed by atoms with van der Waals surface area (Å²) in [5.74, 6) is 0.833. The van der Waals surface area contributed by atoms with Crippen LogP contribution >= 0.6 is 28.7 Å². The Balaban J connectivity index is 0.000000245. The zero-order chi connectivity index (χ0) is 11.4. The van der Waals surface area contributed by atoms with Crippen molar-refractivity contribution in [2.45, 2.75) is 33.7 Å². The van der Waals surface area contributed by atoms with E-state index >= 15 is 0 Å². The fraction of sp³-hybridized carbons (Fsp3) is 0.600. The van der Waals surface area contributed by atoms with Crippen LogP contribution in [0.25, 0.3) is 0 Å². The molecule has 0 unspecified atom stereocenters. The van der Waals surface area contributed by atoms with Gasteiger partial charge in [-0.15, -0.1) is 0 Å². The molecule has 3 nitrogen and oxygen atoms in total. The van der Waals surface area contributed by atoms with Crippen molar-refractivity contribution >= 4 is 34.5 Å². The standard InChI is InChI=1S/C6H6BrN3S.C4H10/c7-6-3-5-4(9-11)1-2-10(5)8-6;1-4(2)3/h3,11H,1-2H2;4H,1-3H3/b9-4+;. The molecule has 1 aliphatic heterocycles. The first-order valence-corrected chi connectivity index (χ1v) is 6.18. The van der Waals surface area contributed by atoms with Crippen LogP contribution in [0.5, 0.6) is 0 Å². The second kappa shape index (κ2) is 5.70. The lowest BCUT2D eigenvalue weighted by Crippen LogP contribution is -1.94. The third-order valence-electron chi connectivity index (χ3n) is 1.73. The molecule has 1 aliphatic rings. The van der Waals surface area contributed by atoms with E-state index in [2.05, 4.69) is 59.0 Å². The largest absolute Gasteiger partial charge is 0.262 e. The Labute approximate surface area is 105 Å². The quantitative estimate of drug-likeness (QED) is 0.730. The molecule has 0 saturated carbocycles. The molecule has 0 aromatic carbocycles. The van der Waals surface area contributed by atoms with Crippen molar-refractivity contribution in [2.24, 2.45) is 10.3 Å². The predicted octanol–water partition coefficient (Wildman–Crippen LogP) is 3.35. The molecular weight excluding hydrogens is 274 g/mol. The minimum absolute atomic E-state index is 0.833. The van der Waals surface area contributed by atoms with Gasteiger partial charge in [-0.25, -0.2) is 4.40 Å². The van der Waals surface area contributed by atoms with Gasteiger partial charge in [0.25, 0.3) is 0 Å². The number of halogens is 1. The van der Waals surface area contributed by atoms with E-state index in [4.69, 9.17) is 0 Å². The van der Waals surface area contributed by atoms with Crippen LogP contribution in [-0.4, -0.2) is 15.5 Å². The molecule has 0 aliphatic carbocycles. The summed E-state index contributed by atoms with van der Waals surface area (Å²) < 4.78 is 6.66. The third kappa shape index (κ3) is 3.65. The Morgan fingerprint density at radius 2 is 2.13 bits per heavy atom. The molecule has 2 heterocycles. The molecule has 15 heavy (non-hydrogen) atoms. The number of nitrogens with zero attached hydrogens (tertiary/aromatic N) is 3. The van der Waals surface area contributed by atoms with Crippen molar-refractivity contribution in [3.8, 4) is 0 Å². The Morgan fingerprint density at radius 3 is 2.67 bits per heavy atom. The summed E-state index contributed by atoms with van der Waals surface area (Å²) in [6.07, 6.45) is 0.944. The Morgan fingerprint density at radius 1 is 1.53 bits per heavy atom. The lowest BCUT2D eigenvalue weighted by molar-refractivity contribution is 0.659. The molecule has 0 radical (unpaired) electrons. The molecular formula is C10H16BrN3S. The molecule has 0 bridgehead atoms. The number of hydrogen-bond acceptors (Lipinski definition) is 3. The van der Waals surface area contributed by atoms with Crippen LogP contribution in [0.2, 0.25) is 0 Å². The summed E-state index contributed by atoms with van der Waals surface area (Å²) in [6.45, 7) is 7.42. The zero-order valence-corrected chi connectivity index (χ0v) is 11.7. The Kier molecular flexibility index (Phi) is 4.86. The average molecular weight is 290 g/mol. The first-order chi connectivity index (χ1) is 7.04. The highest BCUT2D eigenvalue weighted by Crippen LogP contribution is 2.19. The molecule has 2 rings (SSSR count). The highest BCUT2D eigenvalue weighted by atomic mass is 79.9. The number of aromatic nitrogens is 2. The molecule has 84 valence electrons. The molecule has 0 atom stereocenters. The molecule has 1 aromatic heterocycles. The minimum atomic E-state index is 0.833. The zero-order valence-electron chi connectivity index (χ0n) is 9.24. The van der Waals surface area contributed by atoms with Gasteiger partial charge < -0.3 is 0 Å². The van der Waals surface area contributed by atoms with Crippen molar-refractivity contribution in [1.82, 2.24) is 9.78 Å². The van der Waals surface area contributed by atoms with Gasteiger partial charge in [0.1, 0.15) is 4.60 Å². The van der Waals surface area contributed by atoms with Crippen molar-refractivity contribution in [1.29, 1.82) is 0 Å². The van der Waals surface area contributed by atoms with E-state index in [0.717, 1.165) is 34.9 Å². The fourth-order valence-electron chi connectivity index (χ4n) is 1.23. The normalized spacial score (nSPS) is 16.5. The molecule has 0 spiro atoms. The van der Waals surface area contributed by atoms with Crippen LogP contribution in [0.15, 0.2) is 15.1 Å². The van der Waals surface area contributed by atoms with Crippen LogP contribution in [0, 0.1) is 5.92 Å². The Bertz CT molecular complexity index is 355. The van der Waals surface area contributed by atoms with E-state index in [-0.39, 0.29) is 0 Å². The maximum absolute atomic E-state index is 4.21. The van der Waals surface area contributed by atoms with Crippen molar-refractivity contribution in [3.63, 3.8) is 0 Å². The number of hydrogen-bond donors (Lipinski definition) is 1. The van der Waals surface area contributed by atoms with Crippen molar-refractivity contribution in [3.05, 3.63) is 16.4 Å². The molecule has 1 aromatic rings. The highest BCUT2D eigenvalue weighted by molar-refractivity contribution is 9.10. The summed E-state index contributed by atoms with van der Waals surface area (Å²) in [6, 6.07) is 1.96. The molecule has 0 N–H and O–H groups in total. The number of aryl methyl sites for hydroxylation is 1. The molecule has 0 fully saturated rings. The maximum Gasteiger partial charge on any atom is 0.128 e. The van der Waals surface area contributed by atoms with Gasteiger partial charge in [-0.2, -0.15) is 5.10 Å². The topological polar surface area (TPSA) is 30.2 Å². The van der Waals surface area contributed by atoms with Crippen LogP contribution < -0.4 is 0 Å². The van der Waals surface area contributed by atoms with E-state index < -0.39 is 0 Å². The summed E-state index contributed by atoms with van der Waals surface area (Å²) in [4.78, 5) is 0. The fourth-order valence-corrected chi connectivity index (χ4v) is 1.84. The second-order valence-corrected chi connectivity index (χ2v) is 5.12. The average Bonchev–Trinajstić information content (AvgIpc) is 2.61. The SMILES string of the molecule is CC(C)C.S/N=C1\CCn2nc(Br)cc21. The van der Waals surface area contributed by atoms with E-state index in [0.29, 0.717) is 0 Å². The maximum atomic E-state index is 4.21. The van der Waals surface area contributed by atoms with E-state index in [1.165, 1.54) is 0 Å². The smallest absolute Gasteiger partial charge is 0.128 e. The molecule has 5 heteroatoms. The van der Waals surface area contributed by atoms with Gasteiger partial charge in [0.15, 0.2) is 0 Å². The van der Waals surface area contributed by atoms with Gasteiger partial charge in [0.05, 0.1) is 11.4 Å². The van der Waals surface area contributed by atoms with Gasteiger partial charge in [-0.05, 0) is 40.7 Å². The summed E-state index contributed by atoms with van der Waals surface area (Å²) in [5, 5.41) is 4.21. The first-order valence-electron chi connectivity index (χ1n) is 4.99. The number of rotatable bonds is 0. The van der Waals surface area contributed by atoms with Gasteiger partial charge in [-0.1, -0.05) is 20.8 Å². The Hall–Kier alpha value is -0.290. The lowest BCUT2D eigenvalue weighted by atomic mass is 10.2. The van der Waals surface area contributed by atoms with Crippen molar-refractivity contribution < 1.29 is 0 Å². The number of thiol groups is 1. The second-order valence-electron chi connectivity index (χ2n) is 4.10. The van der Waals surface area contributed by atoms with E-state index in [1.54, 1.807) is 0 Å². The van der Waals surface area contributed by atoms with Crippen LogP contribution in [0.4, 0.5) is 0 Å².